The maximum absolute atomic E-state index is 13.1. The summed E-state index contributed by atoms with van der Waals surface area (Å²) in [7, 11) is 1.59. The van der Waals surface area contributed by atoms with Gasteiger partial charge in [0.25, 0.3) is 5.91 Å². The van der Waals surface area contributed by atoms with Crippen molar-refractivity contribution < 1.29 is 13.9 Å². The van der Waals surface area contributed by atoms with Crippen LogP contribution in [0.15, 0.2) is 48.5 Å². The van der Waals surface area contributed by atoms with Crippen LogP contribution in [0.2, 0.25) is 0 Å². The molecule has 0 fully saturated rings. The van der Waals surface area contributed by atoms with Gasteiger partial charge in [0.15, 0.2) is 0 Å². The van der Waals surface area contributed by atoms with Gasteiger partial charge in [0, 0.05) is 5.56 Å². The van der Waals surface area contributed by atoms with Gasteiger partial charge in [0.1, 0.15) is 17.4 Å². The Kier molecular flexibility index (Phi) is 4.97. The van der Waals surface area contributed by atoms with E-state index in [0.717, 1.165) is 5.56 Å². The number of amides is 1. The molecule has 0 saturated carbocycles. The quantitative estimate of drug-likeness (QED) is 0.764. The first-order valence-electron chi connectivity index (χ1n) is 8.13. The Hall–Kier alpha value is -3.22. The fourth-order valence-electron chi connectivity index (χ4n) is 2.68. The van der Waals surface area contributed by atoms with Crippen LogP contribution >= 0.6 is 0 Å². The smallest absolute Gasteiger partial charge is 0.291 e. The fourth-order valence-corrected chi connectivity index (χ4v) is 2.68. The summed E-state index contributed by atoms with van der Waals surface area (Å²) in [5.41, 5.74) is 1.49. The van der Waals surface area contributed by atoms with E-state index in [0.29, 0.717) is 17.3 Å². The van der Waals surface area contributed by atoms with E-state index < -0.39 is 5.91 Å². The minimum Gasteiger partial charge on any atom is -0.496 e. The molecule has 3 aromatic rings. The Labute approximate surface area is 150 Å². The monoisotopic (exact) mass is 354 g/mol. The van der Waals surface area contributed by atoms with Crippen LogP contribution in [0.1, 0.15) is 35.0 Å². The molecule has 1 atom stereocenters. The summed E-state index contributed by atoms with van der Waals surface area (Å²) in [6.07, 6.45) is 0. The lowest BCUT2D eigenvalue weighted by Crippen LogP contribution is -2.28. The highest BCUT2D eigenvalue weighted by molar-refractivity contribution is 5.90. The number of benzene rings is 2. The summed E-state index contributed by atoms with van der Waals surface area (Å²) < 4.78 is 19.9. The molecule has 0 aliphatic carbocycles. The van der Waals surface area contributed by atoms with Gasteiger partial charge in [-0.25, -0.2) is 14.1 Å². The van der Waals surface area contributed by atoms with E-state index in [-0.39, 0.29) is 17.7 Å². The first-order chi connectivity index (χ1) is 12.5. The molecule has 0 bridgehead atoms. The third kappa shape index (κ3) is 3.56. The largest absolute Gasteiger partial charge is 0.496 e. The number of aromatic nitrogens is 3. The first kappa shape index (κ1) is 17.6. The molecule has 1 amide bonds. The number of rotatable bonds is 5. The average Bonchev–Trinajstić information content (AvgIpc) is 3.04. The molecule has 134 valence electrons. The van der Waals surface area contributed by atoms with Crippen molar-refractivity contribution in [1.29, 1.82) is 0 Å². The maximum Gasteiger partial charge on any atom is 0.291 e. The number of para-hydroxylation sites is 1. The number of aryl methyl sites for hydroxylation is 1. The fraction of sp³-hybridized carbons (Fsp3) is 0.211. The van der Waals surface area contributed by atoms with Crippen molar-refractivity contribution in [2.75, 3.05) is 7.11 Å². The lowest BCUT2D eigenvalue weighted by molar-refractivity contribution is 0.0929. The Morgan fingerprint density at radius 3 is 2.58 bits per heavy atom. The molecule has 0 unspecified atom stereocenters. The SMILES string of the molecule is COc1ccccc1[C@@H](C)NC(=O)c1nc(C)n(-c2ccc(F)cc2)n1. The number of halogens is 1. The van der Waals surface area contributed by atoms with Crippen LogP contribution < -0.4 is 10.1 Å². The summed E-state index contributed by atoms with van der Waals surface area (Å²) in [5.74, 6) is 0.545. The molecule has 0 radical (unpaired) electrons. The molecule has 0 spiro atoms. The van der Waals surface area contributed by atoms with Gasteiger partial charge in [0.05, 0.1) is 18.8 Å². The predicted octanol–water partition coefficient (Wildman–Crippen LogP) is 3.21. The second-order valence-corrected chi connectivity index (χ2v) is 5.81. The van der Waals surface area contributed by atoms with Crippen molar-refractivity contribution in [3.8, 4) is 11.4 Å². The third-order valence-electron chi connectivity index (χ3n) is 4.00. The van der Waals surface area contributed by atoms with Gasteiger partial charge in [-0.3, -0.25) is 4.79 Å². The highest BCUT2D eigenvalue weighted by atomic mass is 19.1. The van der Waals surface area contributed by atoms with Gasteiger partial charge in [-0.2, -0.15) is 0 Å². The van der Waals surface area contributed by atoms with E-state index in [1.165, 1.54) is 16.8 Å². The molecule has 3 rings (SSSR count). The van der Waals surface area contributed by atoms with Gasteiger partial charge in [-0.15, -0.1) is 5.10 Å². The standard InChI is InChI=1S/C19H19FN4O2/c1-12(16-6-4-5-7-17(16)26-3)21-19(25)18-22-13(2)24(23-18)15-10-8-14(20)9-11-15/h4-12H,1-3H3,(H,21,25)/t12-/m1/s1. The molecule has 0 aliphatic rings. The van der Waals surface area contributed by atoms with Crippen LogP contribution in [0.3, 0.4) is 0 Å². The molecular formula is C19H19FN4O2. The minimum absolute atomic E-state index is 0.0496. The zero-order valence-electron chi connectivity index (χ0n) is 14.7. The van der Waals surface area contributed by atoms with E-state index >= 15 is 0 Å². The summed E-state index contributed by atoms with van der Waals surface area (Å²) in [6, 6.07) is 13.0. The van der Waals surface area contributed by atoms with Gasteiger partial charge in [-0.05, 0) is 44.2 Å². The molecular weight excluding hydrogens is 335 g/mol. The summed E-state index contributed by atoms with van der Waals surface area (Å²) in [6.45, 7) is 3.59. The number of ether oxygens (including phenoxy) is 1. The van der Waals surface area contributed by atoms with E-state index in [2.05, 4.69) is 15.4 Å². The zero-order chi connectivity index (χ0) is 18.7. The number of nitrogens with one attached hydrogen (secondary N) is 1. The van der Waals surface area contributed by atoms with Crippen LogP contribution in [-0.4, -0.2) is 27.8 Å². The number of methoxy groups -OCH3 is 1. The first-order valence-corrected chi connectivity index (χ1v) is 8.13. The number of nitrogens with zero attached hydrogens (tertiary/aromatic N) is 3. The molecule has 1 heterocycles. The topological polar surface area (TPSA) is 69.0 Å². The Morgan fingerprint density at radius 2 is 1.88 bits per heavy atom. The maximum atomic E-state index is 13.1. The van der Waals surface area contributed by atoms with Crippen molar-refractivity contribution in [2.24, 2.45) is 0 Å². The highest BCUT2D eigenvalue weighted by Gasteiger charge is 2.19. The van der Waals surface area contributed by atoms with Crippen molar-refractivity contribution >= 4 is 5.91 Å². The van der Waals surface area contributed by atoms with Crippen LogP contribution in [-0.2, 0) is 0 Å². The average molecular weight is 354 g/mol. The van der Waals surface area contributed by atoms with Gasteiger partial charge < -0.3 is 10.1 Å². The van der Waals surface area contributed by atoms with Crippen LogP contribution in [0, 0.1) is 12.7 Å². The lowest BCUT2D eigenvalue weighted by atomic mass is 10.1. The number of carbonyl (C=O) groups excluding carboxylic acids is 1. The minimum atomic E-state index is -0.396. The van der Waals surface area contributed by atoms with Crippen LogP contribution in [0.5, 0.6) is 5.75 Å². The van der Waals surface area contributed by atoms with Crippen LogP contribution in [0.25, 0.3) is 5.69 Å². The van der Waals surface area contributed by atoms with Crippen molar-refractivity contribution in [1.82, 2.24) is 20.1 Å². The van der Waals surface area contributed by atoms with Crippen molar-refractivity contribution in [3.63, 3.8) is 0 Å². The van der Waals surface area contributed by atoms with E-state index in [1.807, 2.05) is 31.2 Å². The van der Waals surface area contributed by atoms with Crippen molar-refractivity contribution in [3.05, 3.63) is 71.6 Å². The van der Waals surface area contributed by atoms with E-state index in [4.69, 9.17) is 4.74 Å². The molecule has 1 N–H and O–H groups in total. The van der Waals surface area contributed by atoms with E-state index in [1.54, 1.807) is 26.2 Å². The van der Waals surface area contributed by atoms with Crippen molar-refractivity contribution in [2.45, 2.75) is 19.9 Å². The lowest BCUT2D eigenvalue weighted by Gasteiger charge is -2.16. The third-order valence-corrected chi connectivity index (χ3v) is 4.00. The molecule has 26 heavy (non-hydrogen) atoms. The number of hydrogen-bond acceptors (Lipinski definition) is 4. The summed E-state index contributed by atoms with van der Waals surface area (Å²) in [4.78, 5) is 16.7. The summed E-state index contributed by atoms with van der Waals surface area (Å²) >= 11 is 0. The van der Waals surface area contributed by atoms with Gasteiger partial charge in [-0.1, -0.05) is 18.2 Å². The van der Waals surface area contributed by atoms with Gasteiger partial charge in [0.2, 0.25) is 5.82 Å². The Balaban J connectivity index is 1.80. The predicted molar refractivity (Wildman–Crippen MR) is 94.9 cm³/mol. The normalized spacial score (nSPS) is 11.8. The molecule has 2 aromatic carbocycles. The van der Waals surface area contributed by atoms with Crippen LogP contribution in [0.4, 0.5) is 4.39 Å². The van der Waals surface area contributed by atoms with E-state index in [9.17, 15) is 9.18 Å². The second-order valence-electron chi connectivity index (χ2n) is 5.81. The Morgan fingerprint density at radius 1 is 1.19 bits per heavy atom. The Bertz CT molecular complexity index is 922. The molecule has 0 aliphatic heterocycles. The molecule has 1 aromatic heterocycles. The summed E-state index contributed by atoms with van der Waals surface area (Å²) in [5, 5.41) is 7.11. The van der Waals surface area contributed by atoms with Gasteiger partial charge >= 0.3 is 0 Å². The molecule has 7 heteroatoms. The second kappa shape index (κ2) is 7.35. The molecule has 0 saturated heterocycles. The number of carbonyl (C=O) groups is 1. The zero-order valence-corrected chi connectivity index (χ0v) is 14.7. The molecule has 6 nitrogen and oxygen atoms in total. The highest BCUT2D eigenvalue weighted by Crippen LogP contribution is 2.24. The number of hydrogen-bond donors (Lipinski definition) is 1.